The number of hydrogen-bond acceptors (Lipinski definition) is 3. The van der Waals surface area contributed by atoms with Gasteiger partial charge in [0.2, 0.25) is 0 Å². The molecule has 0 bridgehead atoms. The van der Waals surface area contributed by atoms with Crippen LogP contribution in [-0.2, 0) is 17.8 Å². The van der Waals surface area contributed by atoms with Crippen LogP contribution >= 0.6 is 24.0 Å². The molecule has 0 amide bonds. The molecule has 1 aliphatic rings. The molecule has 1 aromatic heterocycles. The van der Waals surface area contributed by atoms with Crippen LogP contribution in [0.15, 0.2) is 17.4 Å². The lowest BCUT2D eigenvalue weighted by molar-refractivity contribution is 0.0732. The summed E-state index contributed by atoms with van der Waals surface area (Å²) in [4.78, 5) is 8.80. The molecule has 7 heteroatoms. The first-order chi connectivity index (χ1) is 11.6. The predicted molar refractivity (Wildman–Crippen MR) is 113 cm³/mol. The van der Waals surface area contributed by atoms with Crippen LogP contribution in [0.4, 0.5) is 0 Å². The Morgan fingerprint density at radius 1 is 1.40 bits per heavy atom. The number of aromatic nitrogens is 2. The summed E-state index contributed by atoms with van der Waals surface area (Å²) >= 11 is 0. The van der Waals surface area contributed by atoms with E-state index in [1.165, 1.54) is 19.3 Å². The largest absolute Gasteiger partial charge is 0.385 e. The van der Waals surface area contributed by atoms with Gasteiger partial charge < -0.3 is 19.9 Å². The van der Waals surface area contributed by atoms with Gasteiger partial charge in [-0.3, -0.25) is 4.99 Å². The molecule has 2 rings (SSSR count). The van der Waals surface area contributed by atoms with Crippen molar-refractivity contribution in [1.82, 2.24) is 20.2 Å². The molecule has 1 aliphatic carbocycles. The Hall–Kier alpha value is -0.830. The standard InChI is InChI=1S/C18H33N5O.HI/c1-15(2)13-23-10-9-20-16(23)12-21-17(19-3)22-14-18(6-5-7-18)8-11-24-4;/h9-10,15H,5-8,11-14H2,1-4H3,(H2,19,21,22);1H. The maximum atomic E-state index is 5.26. The number of aliphatic imine (C=N–C) groups is 1. The van der Waals surface area contributed by atoms with Crippen molar-refractivity contribution in [2.45, 2.75) is 52.6 Å². The van der Waals surface area contributed by atoms with Gasteiger partial charge in [-0.05, 0) is 30.6 Å². The summed E-state index contributed by atoms with van der Waals surface area (Å²) in [6.45, 7) is 7.90. The zero-order valence-electron chi connectivity index (χ0n) is 16.0. The van der Waals surface area contributed by atoms with Gasteiger partial charge in [-0.1, -0.05) is 20.3 Å². The fourth-order valence-electron chi connectivity index (χ4n) is 3.23. The van der Waals surface area contributed by atoms with Crippen molar-refractivity contribution in [3.63, 3.8) is 0 Å². The lowest BCUT2D eigenvalue weighted by atomic mass is 9.67. The summed E-state index contributed by atoms with van der Waals surface area (Å²) in [5, 5.41) is 6.88. The monoisotopic (exact) mass is 463 g/mol. The van der Waals surface area contributed by atoms with Crippen LogP contribution in [-0.4, -0.2) is 42.8 Å². The Kier molecular flexibility index (Phi) is 9.78. The van der Waals surface area contributed by atoms with Gasteiger partial charge in [0.15, 0.2) is 5.96 Å². The highest BCUT2D eigenvalue weighted by atomic mass is 127. The first kappa shape index (κ1) is 22.2. The summed E-state index contributed by atoms with van der Waals surface area (Å²) in [6, 6.07) is 0. The summed E-state index contributed by atoms with van der Waals surface area (Å²) in [7, 11) is 3.60. The number of rotatable bonds is 9. The second-order valence-electron chi connectivity index (χ2n) is 7.27. The van der Waals surface area contributed by atoms with Gasteiger partial charge in [0, 0.05) is 46.2 Å². The SMILES string of the molecule is CN=C(NCc1nccn1CC(C)C)NCC1(CCOC)CCC1.I. The van der Waals surface area contributed by atoms with Crippen LogP contribution in [0, 0.1) is 11.3 Å². The molecule has 0 radical (unpaired) electrons. The van der Waals surface area contributed by atoms with Gasteiger partial charge in [-0.15, -0.1) is 24.0 Å². The smallest absolute Gasteiger partial charge is 0.191 e. The van der Waals surface area contributed by atoms with E-state index in [1.807, 2.05) is 19.4 Å². The fraction of sp³-hybridized carbons (Fsp3) is 0.778. The van der Waals surface area contributed by atoms with Gasteiger partial charge in [-0.2, -0.15) is 0 Å². The maximum Gasteiger partial charge on any atom is 0.191 e. The Bertz CT molecular complexity index is 525. The van der Waals surface area contributed by atoms with Gasteiger partial charge in [0.25, 0.3) is 0 Å². The van der Waals surface area contributed by atoms with Gasteiger partial charge in [0.1, 0.15) is 5.82 Å². The van der Waals surface area contributed by atoms with E-state index < -0.39 is 0 Å². The van der Waals surface area contributed by atoms with E-state index in [0.717, 1.165) is 37.9 Å². The van der Waals surface area contributed by atoms with Gasteiger partial charge in [-0.25, -0.2) is 4.98 Å². The van der Waals surface area contributed by atoms with Crippen LogP contribution in [0.3, 0.4) is 0 Å². The average Bonchev–Trinajstić information content (AvgIpc) is 2.95. The topological polar surface area (TPSA) is 63.5 Å². The predicted octanol–water partition coefficient (Wildman–Crippen LogP) is 3.03. The molecule has 2 N–H and O–H groups in total. The van der Waals surface area contributed by atoms with Crippen LogP contribution in [0.1, 0.15) is 45.4 Å². The minimum absolute atomic E-state index is 0. The van der Waals surface area contributed by atoms with E-state index in [4.69, 9.17) is 4.74 Å². The number of nitrogens with one attached hydrogen (secondary N) is 2. The molecule has 1 aromatic rings. The molecule has 0 unspecified atom stereocenters. The number of ether oxygens (including phenoxy) is 1. The number of imidazole rings is 1. The molecule has 1 heterocycles. The molecular formula is C18H34IN5O. The molecular weight excluding hydrogens is 429 g/mol. The summed E-state index contributed by atoms with van der Waals surface area (Å²) in [6.07, 6.45) is 8.90. The number of hydrogen-bond donors (Lipinski definition) is 2. The maximum absolute atomic E-state index is 5.26. The quantitative estimate of drug-likeness (QED) is 0.336. The van der Waals surface area contributed by atoms with Crippen molar-refractivity contribution in [2.24, 2.45) is 16.3 Å². The molecule has 25 heavy (non-hydrogen) atoms. The third-order valence-corrected chi connectivity index (χ3v) is 4.88. The minimum atomic E-state index is 0. The van der Waals surface area contributed by atoms with E-state index in [2.05, 4.69) is 39.0 Å². The minimum Gasteiger partial charge on any atom is -0.385 e. The highest BCUT2D eigenvalue weighted by molar-refractivity contribution is 14.0. The van der Waals surface area contributed by atoms with Crippen molar-refractivity contribution < 1.29 is 4.74 Å². The molecule has 0 atom stereocenters. The Labute approximate surface area is 169 Å². The molecule has 0 aliphatic heterocycles. The molecule has 0 saturated heterocycles. The van der Waals surface area contributed by atoms with Gasteiger partial charge in [0.05, 0.1) is 6.54 Å². The summed E-state index contributed by atoms with van der Waals surface area (Å²) < 4.78 is 7.47. The summed E-state index contributed by atoms with van der Waals surface area (Å²) in [5.74, 6) is 2.50. The van der Waals surface area contributed by atoms with Crippen LogP contribution < -0.4 is 10.6 Å². The van der Waals surface area contributed by atoms with Crippen LogP contribution in [0.2, 0.25) is 0 Å². The Morgan fingerprint density at radius 2 is 2.16 bits per heavy atom. The van der Waals surface area contributed by atoms with Gasteiger partial charge >= 0.3 is 0 Å². The lowest BCUT2D eigenvalue weighted by Gasteiger charge is -2.42. The van der Waals surface area contributed by atoms with Crippen molar-refractivity contribution >= 4 is 29.9 Å². The summed E-state index contributed by atoms with van der Waals surface area (Å²) in [5.41, 5.74) is 0.379. The average molecular weight is 463 g/mol. The molecule has 6 nitrogen and oxygen atoms in total. The number of halogens is 1. The lowest BCUT2D eigenvalue weighted by Crippen LogP contribution is -2.46. The molecule has 1 saturated carbocycles. The van der Waals surface area contributed by atoms with E-state index in [1.54, 1.807) is 7.11 Å². The highest BCUT2D eigenvalue weighted by Gasteiger charge is 2.36. The first-order valence-corrected chi connectivity index (χ1v) is 9.02. The number of nitrogens with zero attached hydrogens (tertiary/aromatic N) is 3. The van der Waals surface area contributed by atoms with Crippen molar-refractivity contribution in [3.05, 3.63) is 18.2 Å². The van der Waals surface area contributed by atoms with E-state index in [-0.39, 0.29) is 24.0 Å². The third kappa shape index (κ3) is 6.77. The molecule has 1 fully saturated rings. The van der Waals surface area contributed by atoms with Crippen LogP contribution in [0.25, 0.3) is 0 Å². The fourth-order valence-corrected chi connectivity index (χ4v) is 3.23. The van der Waals surface area contributed by atoms with Crippen molar-refractivity contribution in [1.29, 1.82) is 0 Å². The van der Waals surface area contributed by atoms with E-state index in [0.29, 0.717) is 17.9 Å². The zero-order valence-corrected chi connectivity index (χ0v) is 18.4. The zero-order chi connectivity index (χ0) is 17.4. The van der Waals surface area contributed by atoms with Crippen molar-refractivity contribution in [2.75, 3.05) is 27.3 Å². The second-order valence-corrected chi connectivity index (χ2v) is 7.27. The van der Waals surface area contributed by atoms with Crippen LogP contribution in [0.5, 0.6) is 0 Å². The molecule has 144 valence electrons. The number of guanidine groups is 1. The van der Waals surface area contributed by atoms with E-state index >= 15 is 0 Å². The second kappa shape index (κ2) is 11.0. The molecule has 0 aromatic carbocycles. The normalized spacial score (nSPS) is 16.3. The molecule has 0 spiro atoms. The van der Waals surface area contributed by atoms with E-state index in [9.17, 15) is 0 Å². The first-order valence-electron chi connectivity index (χ1n) is 9.02. The van der Waals surface area contributed by atoms with Crippen molar-refractivity contribution in [3.8, 4) is 0 Å². The Morgan fingerprint density at radius 3 is 2.72 bits per heavy atom. The highest BCUT2D eigenvalue weighted by Crippen LogP contribution is 2.43. The Balaban J connectivity index is 0.00000312. The number of methoxy groups -OCH3 is 1. The third-order valence-electron chi connectivity index (χ3n) is 4.88.